The molecule has 3 aromatic heterocycles. The topological polar surface area (TPSA) is 85.0 Å². The fourth-order valence-electron chi connectivity index (χ4n) is 4.04. The van der Waals surface area contributed by atoms with E-state index in [2.05, 4.69) is 32.1 Å². The molecule has 0 aliphatic carbocycles. The second kappa shape index (κ2) is 8.55. The van der Waals surface area contributed by atoms with Crippen molar-refractivity contribution in [1.82, 2.24) is 25.1 Å². The first-order valence-corrected chi connectivity index (χ1v) is 10.6. The lowest BCUT2D eigenvalue weighted by Crippen LogP contribution is -2.29. The van der Waals surface area contributed by atoms with Crippen LogP contribution in [0.15, 0.2) is 53.4 Å². The molecule has 7 nitrogen and oxygen atoms in total. The number of likely N-dealkylation sites (tertiary alicyclic amines) is 1. The maximum absolute atomic E-state index is 13.5. The first-order valence-electron chi connectivity index (χ1n) is 10.6. The first kappa shape index (κ1) is 20.4. The van der Waals surface area contributed by atoms with Gasteiger partial charge < -0.3 is 9.32 Å². The third kappa shape index (κ3) is 4.27. The molecule has 0 N–H and O–H groups in total. The number of aromatic nitrogens is 4. The summed E-state index contributed by atoms with van der Waals surface area (Å²) in [7, 11) is 2.10. The number of benzene rings is 1. The third-order valence-electron chi connectivity index (χ3n) is 5.89. The van der Waals surface area contributed by atoms with Gasteiger partial charge in [0, 0.05) is 23.1 Å². The lowest BCUT2D eigenvalue weighted by Gasteiger charge is -2.26. The Morgan fingerprint density at radius 2 is 1.97 bits per heavy atom. The van der Waals surface area contributed by atoms with Crippen LogP contribution in [0.4, 0.5) is 4.39 Å². The van der Waals surface area contributed by atoms with Gasteiger partial charge in [-0.1, -0.05) is 6.07 Å². The molecule has 5 rings (SSSR count). The molecule has 0 unspecified atom stereocenters. The van der Waals surface area contributed by atoms with Gasteiger partial charge in [-0.2, -0.15) is 10.2 Å². The van der Waals surface area contributed by atoms with Crippen LogP contribution in [0.5, 0.6) is 0 Å². The van der Waals surface area contributed by atoms with Gasteiger partial charge in [-0.25, -0.2) is 9.37 Å². The summed E-state index contributed by atoms with van der Waals surface area (Å²) in [5.74, 6) is 0.337. The van der Waals surface area contributed by atoms with Crippen molar-refractivity contribution in [2.75, 3.05) is 20.1 Å². The highest BCUT2D eigenvalue weighted by Crippen LogP contribution is 2.27. The molecule has 0 radical (unpaired) electrons. The van der Waals surface area contributed by atoms with Gasteiger partial charge in [0.1, 0.15) is 17.8 Å². The monoisotopic (exact) mass is 431 g/mol. The highest BCUT2D eigenvalue weighted by Gasteiger charge is 2.24. The number of oxazole rings is 1. The van der Waals surface area contributed by atoms with E-state index in [1.54, 1.807) is 6.20 Å². The number of Topliss-reactive ketones (excluding diaryl/α,β-unsaturated/α-hetero) is 1. The van der Waals surface area contributed by atoms with Crippen LogP contribution in [-0.2, 0) is 6.42 Å². The second-order valence-corrected chi connectivity index (χ2v) is 8.25. The molecule has 4 heterocycles. The van der Waals surface area contributed by atoms with Crippen molar-refractivity contribution in [2.45, 2.75) is 25.2 Å². The maximum Gasteiger partial charge on any atom is 0.197 e. The predicted octanol–water partition coefficient (Wildman–Crippen LogP) is 4.05. The van der Waals surface area contributed by atoms with Crippen LogP contribution < -0.4 is 0 Å². The van der Waals surface area contributed by atoms with Crippen LogP contribution in [0, 0.1) is 5.82 Å². The van der Waals surface area contributed by atoms with Crippen molar-refractivity contribution < 1.29 is 13.6 Å². The van der Waals surface area contributed by atoms with Gasteiger partial charge in [0.05, 0.1) is 23.8 Å². The number of carbonyl (C=O) groups is 1. The first-order chi connectivity index (χ1) is 15.5. The molecule has 1 aliphatic heterocycles. The molecule has 0 bridgehead atoms. The third-order valence-corrected chi connectivity index (χ3v) is 5.89. The molecular weight excluding hydrogens is 409 g/mol. The summed E-state index contributed by atoms with van der Waals surface area (Å²) in [6.45, 7) is 1.99. The summed E-state index contributed by atoms with van der Waals surface area (Å²) in [4.78, 5) is 23.4. The molecule has 4 aromatic rings. The van der Waals surface area contributed by atoms with Gasteiger partial charge in [-0.3, -0.25) is 9.78 Å². The molecule has 0 spiro atoms. The van der Waals surface area contributed by atoms with Gasteiger partial charge >= 0.3 is 0 Å². The van der Waals surface area contributed by atoms with Crippen LogP contribution in [-0.4, -0.2) is 51.0 Å². The molecule has 0 amide bonds. The number of nitrogens with zero attached hydrogens (tertiary/aromatic N) is 5. The minimum atomic E-state index is -0.394. The van der Waals surface area contributed by atoms with Crippen LogP contribution in [0.25, 0.3) is 22.0 Å². The maximum atomic E-state index is 13.5. The highest BCUT2D eigenvalue weighted by molar-refractivity contribution is 5.95. The summed E-state index contributed by atoms with van der Waals surface area (Å²) in [6.07, 6.45) is 6.25. The van der Waals surface area contributed by atoms with Crippen molar-refractivity contribution >= 4 is 16.7 Å². The lowest BCUT2D eigenvalue weighted by atomic mass is 9.97. The molecule has 1 aromatic carbocycles. The number of carbonyl (C=O) groups excluding carboxylic acids is 1. The van der Waals surface area contributed by atoms with Gasteiger partial charge in [0.15, 0.2) is 11.7 Å². The van der Waals surface area contributed by atoms with Gasteiger partial charge in [-0.15, -0.1) is 0 Å². The zero-order chi connectivity index (χ0) is 22.1. The normalized spacial score (nSPS) is 15.3. The Morgan fingerprint density at radius 1 is 1.12 bits per heavy atom. The Labute approximate surface area is 184 Å². The van der Waals surface area contributed by atoms with Crippen molar-refractivity contribution in [3.8, 4) is 11.1 Å². The van der Waals surface area contributed by atoms with Crippen molar-refractivity contribution in [1.29, 1.82) is 0 Å². The van der Waals surface area contributed by atoms with Gasteiger partial charge in [-0.05, 0) is 62.8 Å². The van der Waals surface area contributed by atoms with Gasteiger partial charge in [0.25, 0.3) is 0 Å². The van der Waals surface area contributed by atoms with E-state index < -0.39 is 5.82 Å². The number of pyridine rings is 1. The zero-order valence-corrected chi connectivity index (χ0v) is 17.7. The van der Waals surface area contributed by atoms with Crippen LogP contribution >= 0.6 is 0 Å². The minimum absolute atomic E-state index is 0.0774. The van der Waals surface area contributed by atoms with E-state index in [0.29, 0.717) is 28.4 Å². The molecule has 8 heteroatoms. The summed E-state index contributed by atoms with van der Waals surface area (Å²) in [6, 6.07) is 8.81. The summed E-state index contributed by atoms with van der Waals surface area (Å²) >= 11 is 0. The number of piperidine rings is 1. The molecule has 1 fully saturated rings. The molecule has 0 atom stereocenters. The Bertz CT molecular complexity index is 1280. The smallest absolute Gasteiger partial charge is 0.197 e. The number of halogens is 1. The number of fused-ring (bicyclic) bond motifs is 1. The molecule has 1 aliphatic rings. The van der Waals surface area contributed by atoms with E-state index >= 15 is 0 Å². The second-order valence-electron chi connectivity index (χ2n) is 8.25. The molecular formula is C24H22FN5O2. The SMILES string of the molecule is CN1CCC(c2nc(C(=O)Cc3cc4cc(-c5cncc(F)c5)ccc4nn3)co2)CC1. The van der Waals surface area contributed by atoms with E-state index in [1.807, 2.05) is 24.3 Å². The minimum Gasteiger partial charge on any atom is -0.448 e. The summed E-state index contributed by atoms with van der Waals surface area (Å²) < 4.78 is 19.2. The van der Waals surface area contributed by atoms with Crippen molar-refractivity contribution in [2.24, 2.45) is 0 Å². The predicted molar refractivity (Wildman–Crippen MR) is 117 cm³/mol. The van der Waals surface area contributed by atoms with Crippen LogP contribution in [0.2, 0.25) is 0 Å². The van der Waals surface area contributed by atoms with E-state index in [4.69, 9.17) is 4.42 Å². The Morgan fingerprint density at radius 3 is 2.78 bits per heavy atom. The highest BCUT2D eigenvalue weighted by atomic mass is 19.1. The van der Waals surface area contributed by atoms with E-state index in [1.165, 1.54) is 18.5 Å². The van der Waals surface area contributed by atoms with Crippen LogP contribution in [0.1, 0.15) is 40.8 Å². The Hall–Kier alpha value is -3.52. The summed E-state index contributed by atoms with van der Waals surface area (Å²) in [5.41, 5.74) is 3.04. The number of hydrogen-bond donors (Lipinski definition) is 0. The van der Waals surface area contributed by atoms with E-state index in [-0.39, 0.29) is 18.1 Å². The zero-order valence-electron chi connectivity index (χ0n) is 17.7. The molecule has 32 heavy (non-hydrogen) atoms. The van der Waals surface area contributed by atoms with Crippen LogP contribution in [0.3, 0.4) is 0 Å². The standard InChI is InChI=1S/C24H22FN5O2/c1-30-6-4-15(5-7-30)24-27-22(14-32-24)23(31)11-20-10-17-8-16(2-3-21(17)29-28-20)18-9-19(25)13-26-12-18/h2-3,8-10,12-15H,4-7,11H2,1H3. The average molecular weight is 431 g/mol. The molecule has 0 saturated carbocycles. The Balaban J connectivity index is 1.34. The van der Waals surface area contributed by atoms with Crippen molar-refractivity contribution in [3.05, 3.63) is 72.1 Å². The van der Waals surface area contributed by atoms with E-state index in [0.717, 1.165) is 36.9 Å². The van der Waals surface area contributed by atoms with E-state index in [9.17, 15) is 9.18 Å². The summed E-state index contributed by atoms with van der Waals surface area (Å²) in [5, 5.41) is 9.23. The fraction of sp³-hybridized carbons (Fsp3) is 0.292. The van der Waals surface area contributed by atoms with Crippen molar-refractivity contribution in [3.63, 3.8) is 0 Å². The average Bonchev–Trinajstić information content (AvgIpc) is 3.30. The lowest BCUT2D eigenvalue weighted by molar-refractivity contribution is 0.0987. The number of ketones is 1. The van der Waals surface area contributed by atoms with Gasteiger partial charge in [0.2, 0.25) is 0 Å². The number of rotatable bonds is 5. The molecule has 1 saturated heterocycles. The quantitative estimate of drug-likeness (QED) is 0.441. The largest absolute Gasteiger partial charge is 0.448 e. The molecule has 162 valence electrons. The number of hydrogen-bond acceptors (Lipinski definition) is 7. The Kier molecular flexibility index (Phi) is 5.45. The fourth-order valence-corrected chi connectivity index (χ4v) is 4.04.